The van der Waals surface area contributed by atoms with Crippen LogP contribution in [0.4, 0.5) is 15.9 Å². The SMILES string of the molecule is Fc1ccc(NC(=S)Nc2nn(Cc3ccc(Cl)c(Cl)c3)cc2Cl)cc1Cl. The molecular weight excluding hydrogens is 453 g/mol. The second-order valence-corrected chi connectivity index (χ2v) is 7.52. The van der Waals surface area contributed by atoms with Gasteiger partial charge in [0, 0.05) is 11.9 Å². The molecule has 0 unspecified atom stereocenters. The van der Waals surface area contributed by atoms with Crippen molar-refractivity contribution in [2.75, 3.05) is 10.6 Å². The Bertz CT molecular complexity index is 1010. The molecular formula is C17H11Cl4FN4S. The molecule has 140 valence electrons. The number of aromatic nitrogens is 2. The van der Waals surface area contributed by atoms with Gasteiger partial charge < -0.3 is 10.6 Å². The summed E-state index contributed by atoms with van der Waals surface area (Å²) < 4.78 is 14.9. The number of thiocarbonyl (C=S) groups is 1. The Labute approximate surface area is 180 Å². The number of rotatable bonds is 4. The number of benzene rings is 2. The average molecular weight is 464 g/mol. The molecule has 0 aliphatic carbocycles. The third kappa shape index (κ3) is 5.24. The molecule has 4 nitrogen and oxygen atoms in total. The molecule has 1 aromatic heterocycles. The molecule has 3 aromatic rings. The van der Waals surface area contributed by atoms with Crippen LogP contribution in [0, 0.1) is 5.82 Å². The molecule has 0 aliphatic heterocycles. The number of halogens is 5. The molecule has 27 heavy (non-hydrogen) atoms. The Hall–Kier alpha value is -1.57. The van der Waals surface area contributed by atoms with Crippen molar-refractivity contribution in [3.05, 3.63) is 74.1 Å². The van der Waals surface area contributed by atoms with Crippen LogP contribution in [0.3, 0.4) is 0 Å². The smallest absolute Gasteiger partial charge is 0.176 e. The monoisotopic (exact) mass is 462 g/mol. The predicted octanol–water partition coefficient (Wildman–Crippen LogP) is 6.49. The minimum atomic E-state index is -0.509. The summed E-state index contributed by atoms with van der Waals surface area (Å²) in [6, 6.07) is 9.51. The fraction of sp³-hybridized carbons (Fsp3) is 0.0588. The fourth-order valence-electron chi connectivity index (χ4n) is 2.23. The van der Waals surface area contributed by atoms with Crippen LogP contribution in [0.15, 0.2) is 42.6 Å². The molecule has 0 amide bonds. The topological polar surface area (TPSA) is 41.9 Å². The van der Waals surface area contributed by atoms with E-state index >= 15 is 0 Å². The Morgan fingerprint density at radius 2 is 1.74 bits per heavy atom. The van der Waals surface area contributed by atoms with Gasteiger partial charge in [-0.15, -0.1) is 0 Å². The third-order valence-electron chi connectivity index (χ3n) is 3.46. The van der Waals surface area contributed by atoms with Crippen LogP contribution in [0.25, 0.3) is 0 Å². The van der Waals surface area contributed by atoms with Gasteiger partial charge >= 0.3 is 0 Å². The molecule has 10 heteroatoms. The lowest BCUT2D eigenvalue weighted by atomic mass is 10.2. The van der Waals surface area contributed by atoms with Gasteiger partial charge in [0.1, 0.15) is 10.8 Å². The summed E-state index contributed by atoms with van der Waals surface area (Å²) in [5, 5.41) is 11.7. The highest BCUT2D eigenvalue weighted by Crippen LogP contribution is 2.25. The van der Waals surface area contributed by atoms with Gasteiger partial charge in [0.2, 0.25) is 0 Å². The van der Waals surface area contributed by atoms with Gasteiger partial charge in [-0.1, -0.05) is 52.5 Å². The van der Waals surface area contributed by atoms with Crippen molar-refractivity contribution in [3.63, 3.8) is 0 Å². The summed E-state index contributed by atoms with van der Waals surface area (Å²) in [6.07, 6.45) is 1.66. The maximum Gasteiger partial charge on any atom is 0.176 e. The maximum atomic E-state index is 13.2. The van der Waals surface area contributed by atoms with Crippen LogP contribution < -0.4 is 10.6 Å². The van der Waals surface area contributed by atoms with Crippen LogP contribution in [0.2, 0.25) is 20.1 Å². The van der Waals surface area contributed by atoms with Crippen molar-refractivity contribution in [2.45, 2.75) is 6.54 Å². The summed E-state index contributed by atoms with van der Waals surface area (Å²) in [5.41, 5.74) is 1.45. The van der Waals surface area contributed by atoms with Gasteiger partial charge in [-0.05, 0) is 48.1 Å². The summed E-state index contributed by atoms with van der Waals surface area (Å²) in [6.45, 7) is 0.450. The highest BCUT2D eigenvalue weighted by molar-refractivity contribution is 7.80. The lowest BCUT2D eigenvalue weighted by molar-refractivity contribution is 0.628. The fourth-order valence-corrected chi connectivity index (χ4v) is 3.15. The van der Waals surface area contributed by atoms with Gasteiger partial charge in [-0.25, -0.2) is 4.39 Å². The quantitative estimate of drug-likeness (QED) is 0.433. The van der Waals surface area contributed by atoms with E-state index in [1.807, 2.05) is 6.07 Å². The number of nitrogens with zero attached hydrogens (tertiary/aromatic N) is 2. The lowest BCUT2D eigenvalue weighted by Crippen LogP contribution is -2.19. The average Bonchev–Trinajstić information content (AvgIpc) is 2.93. The lowest BCUT2D eigenvalue weighted by Gasteiger charge is -2.09. The normalized spacial score (nSPS) is 10.7. The molecule has 0 aliphatic rings. The number of anilines is 2. The van der Waals surface area contributed by atoms with Crippen LogP contribution in [0.1, 0.15) is 5.56 Å². The van der Waals surface area contributed by atoms with Gasteiger partial charge in [0.15, 0.2) is 10.9 Å². The van der Waals surface area contributed by atoms with E-state index in [0.717, 1.165) is 5.56 Å². The van der Waals surface area contributed by atoms with E-state index in [1.54, 1.807) is 23.0 Å². The second-order valence-electron chi connectivity index (χ2n) is 5.48. The van der Waals surface area contributed by atoms with E-state index in [4.69, 9.17) is 58.6 Å². The zero-order valence-corrected chi connectivity index (χ0v) is 17.3. The van der Waals surface area contributed by atoms with E-state index in [2.05, 4.69) is 15.7 Å². The van der Waals surface area contributed by atoms with Gasteiger partial charge in [-0.2, -0.15) is 5.10 Å². The van der Waals surface area contributed by atoms with Crippen molar-refractivity contribution in [2.24, 2.45) is 0 Å². The predicted molar refractivity (Wildman–Crippen MR) is 114 cm³/mol. The van der Waals surface area contributed by atoms with E-state index in [-0.39, 0.29) is 10.1 Å². The van der Waals surface area contributed by atoms with E-state index in [9.17, 15) is 4.39 Å². The Kier molecular flexibility index (Phi) is 6.44. The summed E-state index contributed by atoms with van der Waals surface area (Å²) >= 11 is 29.1. The molecule has 2 aromatic carbocycles. The molecule has 0 radical (unpaired) electrons. The maximum absolute atomic E-state index is 13.2. The standard InChI is InChI=1S/C17H11Cl4FN4S/c18-11-3-1-9(5-12(11)19)7-26-8-14(21)16(25-26)24-17(27)23-10-2-4-15(22)13(20)6-10/h1-6,8H,7H2,(H2,23,24,25,27). The first-order valence-corrected chi connectivity index (χ1v) is 9.44. The van der Waals surface area contributed by atoms with Crippen LogP contribution in [-0.2, 0) is 6.54 Å². The first-order chi connectivity index (χ1) is 12.8. The number of hydrogen-bond donors (Lipinski definition) is 2. The largest absolute Gasteiger partial charge is 0.332 e. The minimum absolute atomic E-state index is 0.00765. The Morgan fingerprint density at radius 3 is 2.44 bits per heavy atom. The van der Waals surface area contributed by atoms with Crippen molar-refractivity contribution in [1.29, 1.82) is 0 Å². The molecule has 2 N–H and O–H groups in total. The molecule has 0 saturated heterocycles. The molecule has 0 spiro atoms. The highest BCUT2D eigenvalue weighted by Gasteiger charge is 2.10. The Morgan fingerprint density at radius 1 is 0.963 bits per heavy atom. The highest BCUT2D eigenvalue weighted by atomic mass is 35.5. The van der Waals surface area contributed by atoms with Gasteiger partial charge in [0.25, 0.3) is 0 Å². The molecule has 0 atom stereocenters. The van der Waals surface area contributed by atoms with Crippen LogP contribution in [-0.4, -0.2) is 14.9 Å². The van der Waals surface area contributed by atoms with E-state index in [0.29, 0.717) is 33.1 Å². The van der Waals surface area contributed by atoms with E-state index in [1.165, 1.54) is 18.2 Å². The van der Waals surface area contributed by atoms with Crippen molar-refractivity contribution >= 4 is 75.2 Å². The molecule has 0 bridgehead atoms. The number of hydrogen-bond acceptors (Lipinski definition) is 2. The minimum Gasteiger partial charge on any atom is -0.332 e. The van der Waals surface area contributed by atoms with E-state index < -0.39 is 5.82 Å². The van der Waals surface area contributed by atoms with Gasteiger partial charge in [0.05, 0.1) is 21.6 Å². The second kappa shape index (κ2) is 8.63. The van der Waals surface area contributed by atoms with Crippen LogP contribution in [0.5, 0.6) is 0 Å². The van der Waals surface area contributed by atoms with Crippen LogP contribution >= 0.6 is 58.6 Å². The summed E-state index contributed by atoms with van der Waals surface area (Å²) in [4.78, 5) is 0. The first-order valence-electron chi connectivity index (χ1n) is 7.52. The van der Waals surface area contributed by atoms with Crippen molar-refractivity contribution < 1.29 is 4.39 Å². The zero-order chi connectivity index (χ0) is 19.6. The molecule has 0 saturated carbocycles. The zero-order valence-electron chi connectivity index (χ0n) is 13.4. The Balaban J connectivity index is 1.67. The van der Waals surface area contributed by atoms with Crippen molar-refractivity contribution in [3.8, 4) is 0 Å². The molecule has 1 heterocycles. The molecule has 3 rings (SSSR count). The van der Waals surface area contributed by atoms with Gasteiger partial charge in [-0.3, -0.25) is 4.68 Å². The molecule has 0 fully saturated rings. The third-order valence-corrected chi connectivity index (χ3v) is 4.96. The van der Waals surface area contributed by atoms with Crippen molar-refractivity contribution in [1.82, 2.24) is 9.78 Å². The summed E-state index contributed by atoms with van der Waals surface area (Å²) in [7, 11) is 0. The summed E-state index contributed by atoms with van der Waals surface area (Å²) in [5.74, 6) is -0.132. The number of nitrogens with one attached hydrogen (secondary N) is 2. The first kappa shape index (κ1) is 20.2.